The van der Waals surface area contributed by atoms with E-state index in [1.165, 1.54) is 11.6 Å². The molecule has 0 spiro atoms. The van der Waals surface area contributed by atoms with Gasteiger partial charge in [0.15, 0.2) is 0 Å². The molecule has 3 aromatic rings. The molecule has 1 saturated heterocycles. The zero-order valence-electron chi connectivity index (χ0n) is 16.3. The first-order valence-corrected chi connectivity index (χ1v) is 11.0. The number of thioether (sulfide) groups is 1. The molecule has 1 atom stereocenters. The van der Waals surface area contributed by atoms with E-state index in [2.05, 4.69) is 24.3 Å². The lowest BCUT2D eigenvalue weighted by atomic mass is 10.0. The van der Waals surface area contributed by atoms with Crippen LogP contribution in [0.15, 0.2) is 78.9 Å². The molecular weight excluding hydrogens is 381 g/mol. The molecule has 1 aliphatic rings. The standard InChI is InChI=1S/C25H24FNOS/c26-23-9-5-4-8-22(23)24-14-15-27(16-17-29-24)25(28)18-19-10-12-21(13-11-19)20-6-2-1-3-7-20/h1-13,24H,14-18H2. The minimum atomic E-state index is -0.150. The smallest absolute Gasteiger partial charge is 0.227 e. The SMILES string of the molecule is O=C(Cc1ccc(-c2ccccc2)cc1)N1CCSC(c2ccccc2F)CC1. The first kappa shape index (κ1) is 19.7. The summed E-state index contributed by atoms with van der Waals surface area (Å²) in [6.45, 7) is 1.39. The molecule has 0 aromatic heterocycles. The van der Waals surface area contributed by atoms with Gasteiger partial charge in [0.05, 0.1) is 6.42 Å². The Labute approximate surface area is 175 Å². The van der Waals surface area contributed by atoms with Crippen molar-refractivity contribution >= 4 is 17.7 Å². The van der Waals surface area contributed by atoms with E-state index in [1.807, 2.05) is 47.4 Å². The molecule has 0 radical (unpaired) electrons. The van der Waals surface area contributed by atoms with Crippen LogP contribution in [0.5, 0.6) is 0 Å². The normalized spacial score (nSPS) is 17.0. The minimum Gasteiger partial charge on any atom is -0.342 e. The number of benzene rings is 3. The van der Waals surface area contributed by atoms with Gasteiger partial charge >= 0.3 is 0 Å². The Morgan fingerprint density at radius 1 is 0.897 bits per heavy atom. The van der Waals surface area contributed by atoms with E-state index in [0.717, 1.165) is 35.4 Å². The maximum Gasteiger partial charge on any atom is 0.227 e. The third kappa shape index (κ3) is 4.88. The summed E-state index contributed by atoms with van der Waals surface area (Å²) in [5.41, 5.74) is 4.11. The fourth-order valence-corrected chi connectivity index (χ4v) is 4.99. The monoisotopic (exact) mass is 405 g/mol. The maximum absolute atomic E-state index is 14.1. The van der Waals surface area contributed by atoms with E-state index >= 15 is 0 Å². The Bertz CT molecular complexity index is 958. The van der Waals surface area contributed by atoms with Gasteiger partial charge in [0.2, 0.25) is 5.91 Å². The van der Waals surface area contributed by atoms with Gasteiger partial charge in [-0.1, -0.05) is 72.8 Å². The van der Waals surface area contributed by atoms with Crippen molar-refractivity contribution < 1.29 is 9.18 Å². The lowest BCUT2D eigenvalue weighted by Crippen LogP contribution is -2.34. The molecule has 3 aromatic carbocycles. The highest BCUT2D eigenvalue weighted by Gasteiger charge is 2.23. The third-order valence-corrected chi connectivity index (χ3v) is 6.67. The minimum absolute atomic E-state index is 0.110. The molecule has 1 unspecified atom stereocenters. The summed E-state index contributed by atoms with van der Waals surface area (Å²) in [4.78, 5) is 14.8. The van der Waals surface area contributed by atoms with Crippen molar-refractivity contribution in [2.45, 2.75) is 18.1 Å². The highest BCUT2D eigenvalue weighted by Crippen LogP contribution is 2.35. The molecule has 29 heavy (non-hydrogen) atoms. The van der Waals surface area contributed by atoms with Crippen molar-refractivity contribution in [3.63, 3.8) is 0 Å². The third-order valence-electron chi connectivity index (χ3n) is 5.36. The van der Waals surface area contributed by atoms with Crippen LogP contribution < -0.4 is 0 Å². The second-order valence-electron chi connectivity index (χ2n) is 7.29. The lowest BCUT2D eigenvalue weighted by molar-refractivity contribution is -0.130. The molecular formula is C25H24FNOS. The molecule has 2 nitrogen and oxygen atoms in total. The molecule has 0 saturated carbocycles. The van der Waals surface area contributed by atoms with Gasteiger partial charge in [-0.3, -0.25) is 4.79 Å². The largest absolute Gasteiger partial charge is 0.342 e. The van der Waals surface area contributed by atoms with Gasteiger partial charge in [-0.05, 0) is 29.2 Å². The highest BCUT2D eigenvalue weighted by atomic mass is 32.2. The average molecular weight is 406 g/mol. The van der Waals surface area contributed by atoms with Crippen LogP contribution >= 0.6 is 11.8 Å². The topological polar surface area (TPSA) is 20.3 Å². The fraction of sp³-hybridized carbons (Fsp3) is 0.240. The van der Waals surface area contributed by atoms with Gasteiger partial charge in [0.25, 0.3) is 0 Å². The summed E-state index contributed by atoms with van der Waals surface area (Å²) in [6.07, 6.45) is 1.19. The highest BCUT2D eigenvalue weighted by molar-refractivity contribution is 7.99. The summed E-state index contributed by atoms with van der Waals surface area (Å²) < 4.78 is 14.1. The van der Waals surface area contributed by atoms with Gasteiger partial charge in [-0.15, -0.1) is 0 Å². The Morgan fingerprint density at radius 3 is 2.34 bits per heavy atom. The van der Waals surface area contributed by atoms with Crippen molar-refractivity contribution in [3.8, 4) is 11.1 Å². The van der Waals surface area contributed by atoms with Gasteiger partial charge in [-0.25, -0.2) is 4.39 Å². The predicted octanol–water partition coefficient (Wildman–Crippen LogP) is 5.74. The lowest BCUT2D eigenvalue weighted by Gasteiger charge is -2.20. The number of nitrogens with zero attached hydrogens (tertiary/aromatic N) is 1. The van der Waals surface area contributed by atoms with Crippen LogP contribution in [0.2, 0.25) is 0 Å². The van der Waals surface area contributed by atoms with Crippen LogP contribution in [-0.2, 0) is 11.2 Å². The molecule has 4 rings (SSSR count). The van der Waals surface area contributed by atoms with E-state index in [1.54, 1.807) is 17.8 Å². The van der Waals surface area contributed by atoms with Gasteiger partial charge in [0, 0.05) is 29.7 Å². The van der Waals surface area contributed by atoms with Crippen molar-refractivity contribution in [2.24, 2.45) is 0 Å². The Morgan fingerprint density at radius 2 is 1.59 bits per heavy atom. The molecule has 1 fully saturated rings. The number of amides is 1. The number of rotatable bonds is 4. The zero-order chi connectivity index (χ0) is 20.1. The van der Waals surface area contributed by atoms with Crippen LogP contribution in [0.3, 0.4) is 0 Å². The van der Waals surface area contributed by atoms with Gasteiger partial charge < -0.3 is 4.90 Å². The van der Waals surface area contributed by atoms with Crippen LogP contribution in [-0.4, -0.2) is 29.6 Å². The van der Waals surface area contributed by atoms with Crippen molar-refractivity contribution in [3.05, 3.63) is 95.8 Å². The maximum atomic E-state index is 14.1. The second-order valence-corrected chi connectivity index (χ2v) is 8.60. The average Bonchev–Trinajstić information content (AvgIpc) is 3.02. The molecule has 0 bridgehead atoms. The van der Waals surface area contributed by atoms with Crippen LogP contribution in [0.25, 0.3) is 11.1 Å². The predicted molar refractivity (Wildman–Crippen MR) is 118 cm³/mol. The Hall–Kier alpha value is -2.59. The molecule has 148 valence electrons. The quantitative estimate of drug-likeness (QED) is 0.551. The van der Waals surface area contributed by atoms with E-state index in [9.17, 15) is 9.18 Å². The van der Waals surface area contributed by atoms with E-state index < -0.39 is 0 Å². The summed E-state index contributed by atoms with van der Waals surface area (Å²) in [6, 6.07) is 25.4. The number of halogens is 1. The second kappa shape index (κ2) is 9.27. The number of carbonyl (C=O) groups excluding carboxylic acids is 1. The summed E-state index contributed by atoms with van der Waals surface area (Å²) in [7, 11) is 0. The molecule has 1 heterocycles. The van der Waals surface area contributed by atoms with Crippen molar-refractivity contribution in [1.82, 2.24) is 4.90 Å². The van der Waals surface area contributed by atoms with Crippen molar-refractivity contribution in [1.29, 1.82) is 0 Å². The fourth-order valence-electron chi connectivity index (χ4n) is 3.74. The van der Waals surface area contributed by atoms with E-state index in [-0.39, 0.29) is 17.0 Å². The van der Waals surface area contributed by atoms with E-state index in [4.69, 9.17) is 0 Å². The number of carbonyl (C=O) groups is 1. The van der Waals surface area contributed by atoms with Gasteiger partial charge in [0.1, 0.15) is 5.82 Å². The van der Waals surface area contributed by atoms with Gasteiger partial charge in [-0.2, -0.15) is 11.8 Å². The molecule has 0 N–H and O–H groups in total. The zero-order valence-corrected chi connectivity index (χ0v) is 17.1. The Kier molecular flexibility index (Phi) is 6.30. The number of hydrogen-bond acceptors (Lipinski definition) is 2. The van der Waals surface area contributed by atoms with Crippen molar-refractivity contribution in [2.75, 3.05) is 18.8 Å². The summed E-state index contributed by atoms with van der Waals surface area (Å²) >= 11 is 1.74. The first-order valence-electron chi connectivity index (χ1n) is 9.99. The Balaban J connectivity index is 1.37. The first-order chi connectivity index (χ1) is 14.2. The molecule has 1 aliphatic heterocycles. The number of hydrogen-bond donors (Lipinski definition) is 0. The van der Waals surface area contributed by atoms with Crippen LogP contribution in [0.4, 0.5) is 4.39 Å². The molecule has 0 aliphatic carbocycles. The van der Waals surface area contributed by atoms with Crippen LogP contribution in [0.1, 0.15) is 22.8 Å². The summed E-state index contributed by atoms with van der Waals surface area (Å²) in [5, 5.41) is 0.110. The molecule has 1 amide bonds. The van der Waals surface area contributed by atoms with Crippen LogP contribution in [0, 0.1) is 5.82 Å². The molecule has 4 heteroatoms. The van der Waals surface area contributed by atoms with E-state index in [0.29, 0.717) is 13.0 Å². The summed E-state index contributed by atoms with van der Waals surface area (Å²) in [5.74, 6) is 0.827.